The molecule has 3 nitrogen and oxygen atoms in total. The average molecular weight is 476 g/mol. The van der Waals surface area contributed by atoms with Crippen LogP contribution in [-0.4, -0.2) is 5.91 Å². The number of amides is 1. The van der Waals surface area contributed by atoms with Gasteiger partial charge in [0, 0.05) is 16.7 Å². The summed E-state index contributed by atoms with van der Waals surface area (Å²) in [4.78, 5) is 12.4. The third-order valence-corrected chi connectivity index (χ3v) is 6.34. The molecule has 4 aromatic carbocycles. The SMILES string of the molecule is CC(C)(c1ccccc1)c1ccc(Oc2ccc(NC(=O)c3ccc(Cl)c(Cl)c3)cc2)cc1. The van der Waals surface area contributed by atoms with Crippen LogP contribution in [0, 0.1) is 0 Å². The van der Waals surface area contributed by atoms with Crippen LogP contribution >= 0.6 is 23.2 Å². The molecule has 4 rings (SSSR count). The van der Waals surface area contributed by atoms with Crippen LogP contribution in [0.25, 0.3) is 0 Å². The predicted octanol–water partition coefficient (Wildman–Crippen LogP) is 8.36. The van der Waals surface area contributed by atoms with Crippen LogP contribution < -0.4 is 10.1 Å². The average Bonchev–Trinajstić information content (AvgIpc) is 2.83. The first-order chi connectivity index (χ1) is 15.8. The van der Waals surface area contributed by atoms with Gasteiger partial charge in [-0.2, -0.15) is 0 Å². The largest absolute Gasteiger partial charge is 0.457 e. The molecule has 4 aromatic rings. The molecule has 0 spiro atoms. The lowest BCUT2D eigenvalue weighted by atomic mass is 9.78. The maximum absolute atomic E-state index is 12.4. The van der Waals surface area contributed by atoms with E-state index in [1.165, 1.54) is 11.1 Å². The topological polar surface area (TPSA) is 38.3 Å². The van der Waals surface area contributed by atoms with Crippen LogP contribution in [0.1, 0.15) is 35.3 Å². The Kier molecular flexibility index (Phi) is 6.73. The Hall–Kier alpha value is -3.27. The van der Waals surface area contributed by atoms with Crippen LogP contribution in [0.5, 0.6) is 11.5 Å². The van der Waals surface area contributed by atoms with Crippen molar-refractivity contribution in [2.75, 3.05) is 5.32 Å². The van der Waals surface area contributed by atoms with E-state index in [2.05, 4.69) is 55.6 Å². The highest BCUT2D eigenvalue weighted by Gasteiger charge is 2.22. The van der Waals surface area contributed by atoms with Crippen molar-refractivity contribution < 1.29 is 9.53 Å². The van der Waals surface area contributed by atoms with E-state index in [0.717, 1.165) is 5.75 Å². The summed E-state index contributed by atoms with van der Waals surface area (Å²) in [7, 11) is 0. The summed E-state index contributed by atoms with van der Waals surface area (Å²) < 4.78 is 5.98. The van der Waals surface area contributed by atoms with Gasteiger partial charge in [0.15, 0.2) is 0 Å². The van der Waals surface area contributed by atoms with E-state index in [4.69, 9.17) is 27.9 Å². The fraction of sp³-hybridized carbons (Fsp3) is 0.107. The minimum absolute atomic E-state index is 0.103. The fourth-order valence-corrected chi connectivity index (χ4v) is 3.84. The molecule has 0 aliphatic heterocycles. The summed E-state index contributed by atoms with van der Waals surface area (Å²) in [5.74, 6) is 1.16. The number of hydrogen-bond acceptors (Lipinski definition) is 2. The molecule has 0 bridgehead atoms. The Balaban J connectivity index is 1.41. The molecule has 33 heavy (non-hydrogen) atoms. The van der Waals surface area contributed by atoms with Crippen molar-refractivity contribution >= 4 is 34.8 Å². The number of halogens is 2. The molecule has 0 radical (unpaired) electrons. The van der Waals surface area contributed by atoms with Gasteiger partial charge in [-0.3, -0.25) is 4.79 Å². The van der Waals surface area contributed by atoms with E-state index in [0.29, 0.717) is 27.0 Å². The zero-order valence-corrected chi connectivity index (χ0v) is 19.8. The third kappa shape index (κ3) is 5.39. The molecule has 1 N–H and O–H groups in total. The fourth-order valence-electron chi connectivity index (χ4n) is 3.54. The Morgan fingerprint density at radius 3 is 1.91 bits per heavy atom. The predicted molar refractivity (Wildman–Crippen MR) is 136 cm³/mol. The Morgan fingerprint density at radius 2 is 1.30 bits per heavy atom. The molecule has 0 heterocycles. The van der Waals surface area contributed by atoms with Crippen molar-refractivity contribution in [3.05, 3.63) is 124 Å². The number of benzene rings is 4. The number of ether oxygens (including phenoxy) is 1. The van der Waals surface area contributed by atoms with Gasteiger partial charge in [-0.25, -0.2) is 0 Å². The first kappa shape index (κ1) is 22.9. The van der Waals surface area contributed by atoms with Gasteiger partial charge in [0.2, 0.25) is 0 Å². The van der Waals surface area contributed by atoms with Crippen molar-refractivity contribution in [1.82, 2.24) is 0 Å². The van der Waals surface area contributed by atoms with Gasteiger partial charge in [0.05, 0.1) is 10.0 Å². The van der Waals surface area contributed by atoms with Crippen LogP contribution in [-0.2, 0) is 5.41 Å². The van der Waals surface area contributed by atoms with E-state index in [9.17, 15) is 4.79 Å². The highest BCUT2D eigenvalue weighted by Crippen LogP contribution is 2.33. The van der Waals surface area contributed by atoms with E-state index in [-0.39, 0.29) is 11.3 Å². The number of anilines is 1. The van der Waals surface area contributed by atoms with E-state index in [1.807, 2.05) is 30.3 Å². The summed E-state index contributed by atoms with van der Waals surface area (Å²) in [5.41, 5.74) is 3.45. The van der Waals surface area contributed by atoms with Crippen molar-refractivity contribution in [2.45, 2.75) is 19.3 Å². The number of rotatable bonds is 6. The lowest BCUT2D eigenvalue weighted by Gasteiger charge is -2.26. The minimum atomic E-state index is -0.265. The Labute approximate surface area is 203 Å². The number of carbonyl (C=O) groups excluding carboxylic acids is 1. The second kappa shape index (κ2) is 9.70. The van der Waals surface area contributed by atoms with Crippen LogP contribution in [0.4, 0.5) is 5.69 Å². The second-order valence-corrected chi connectivity index (χ2v) is 9.04. The van der Waals surface area contributed by atoms with Gasteiger partial charge in [0.25, 0.3) is 5.91 Å². The van der Waals surface area contributed by atoms with Crippen molar-refractivity contribution in [2.24, 2.45) is 0 Å². The Morgan fingerprint density at radius 1 is 0.727 bits per heavy atom. The van der Waals surface area contributed by atoms with Crippen molar-refractivity contribution in [1.29, 1.82) is 0 Å². The van der Waals surface area contributed by atoms with E-state index >= 15 is 0 Å². The van der Waals surface area contributed by atoms with Crippen LogP contribution in [0.15, 0.2) is 97.1 Å². The molecule has 0 fully saturated rings. The van der Waals surface area contributed by atoms with Crippen LogP contribution in [0.2, 0.25) is 10.0 Å². The lowest BCUT2D eigenvalue weighted by molar-refractivity contribution is 0.102. The molecular weight excluding hydrogens is 453 g/mol. The zero-order chi connectivity index (χ0) is 23.4. The second-order valence-electron chi connectivity index (χ2n) is 8.22. The molecule has 0 saturated carbocycles. The monoisotopic (exact) mass is 475 g/mol. The van der Waals surface area contributed by atoms with E-state index in [1.54, 1.807) is 30.3 Å². The molecule has 1 amide bonds. The highest BCUT2D eigenvalue weighted by molar-refractivity contribution is 6.42. The lowest BCUT2D eigenvalue weighted by Crippen LogP contribution is -2.18. The summed E-state index contributed by atoms with van der Waals surface area (Å²) >= 11 is 11.9. The maximum Gasteiger partial charge on any atom is 0.255 e. The van der Waals surface area contributed by atoms with Gasteiger partial charge in [-0.15, -0.1) is 0 Å². The van der Waals surface area contributed by atoms with Crippen LogP contribution in [0.3, 0.4) is 0 Å². The van der Waals surface area contributed by atoms with Gasteiger partial charge >= 0.3 is 0 Å². The van der Waals surface area contributed by atoms with Crippen molar-refractivity contribution in [3.8, 4) is 11.5 Å². The molecule has 0 atom stereocenters. The molecule has 166 valence electrons. The normalized spacial score (nSPS) is 11.2. The molecule has 0 unspecified atom stereocenters. The first-order valence-corrected chi connectivity index (χ1v) is 11.3. The summed E-state index contributed by atoms with van der Waals surface area (Å²) in [6.45, 7) is 4.42. The molecule has 0 aliphatic carbocycles. The van der Waals surface area contributed by atoms with Gasteiger partial charge in [-0.1, -0.05) is 79.5 Å². The minimum Gasteiger partial charge on any atom is -0.457 e. The first-order valence-electron chi connectivity index (χ1n) is 10.5. The van der Waals surface area contributed by atoms with Gasteiger partial charge in [0.1, 0.15) is 11.5 Å². The zero-order valence-electron chi connectivity index (χ0n) is 18.3. The standard InChI is InChI=1S/C28H23Cl2NO2/c1-28(2,20-6-4-3-5-7-20)21-9-13-23(14-10-21)33-24-15-11-22(12-16-24)31-27(32)19-8-17-25(29)26(30)18-19/h3-18H,1-2H3,(H,31,32). The van der Waals surface area contributed by atoms with Gasteiger partial charge < -0.3 is 10.1 Å². The van der Waals surface area contributed by atoms with Crippen molar-refractivity contribution in [3.63, 3.8) is 0 Å². The summed E-state index contributed by atoms with van der Waals surface area (Å²) in [6.07, 6.45) is 0. The molecule has 0 aliphatic rings. The summed E-state index contributed by atoms with van der Waals surface area (Å²) in [5, 5.41) is 3.59. The molecule has 0 saturated heterocycles. The van der Waals surface area contributed by atoms with Gasteiger partial charge in [-0.05, 0) is 65.7 Å². The molecular formula is C28H23Cl2NO2. The third-order valence-electron chi connectivity index (χ3n) is 5.60. The molecule has 0 aromatic heterocycles. The number of carbonyl (C=O) groups is 1. The molecule has 5 heteroatoms. The summed E-state index contributed by atoms with van der Waals surface area (Å²) in [6, 6.07) is 30.5. The van der Waals surface area contributed by atoms with E-state index < -0.39 is 0 Å². The quantitative estimate of drug-likeness (QED) is 0.304. The number of nitrogens with one attached hydrogen (secondary N) is 1. The maximum atomic E-state index is 12.4. The highest BCUT2D eigenvalue weighted by atomic mass is 35.5. The Bertz CT molecular complexity index is 1250. The smallest absolute Gasteiger partial charge is 0.255 e. The number of hydrogen-bond donors (Lipinski definition) is 1.